The first kappa shape index (κ1) is 17.6. The maximum Gasteiger partial charge on any atom is 0.330 e. The normalized spacial score (nSPS) is 28.2. The molecule has 0 aliphatic carbocycles. The smallest absolute Gasteiger partial charge is 0.330 e. The van der Waals surface area contributed by atoms with Crippen LogP contribution in [0.2, 0.25) is 0 Å². The molecule has 0 spiro atoms. The molecule has 3 unspecified atom stereocenters. The SMILES string of the molecule is COC1C(n2ccc(=O)[nH]c2=O)OC(CO)[C@@H]1O.O=PO. The zero-order chi connectivity index (χ0) is 16.0. The predicted molar refractivity (Wildman–Crippen MR) is 68.9 cm³/mol. The summed E-state index contributed by atoms with van der Waals surface area (Å²) in [5.74, 6) is 0. The lowest BCUT2D eigenvalue weighted by atomic mass is 10.1. The van der Waals surface area contributed by atoms with Crippen LogP contribution >= 0.6 is 8.69 Å². The first-order valence-corrected chi connectivity index (χ1v) is 6.52. The third-order valence-electron chi connectivity index (χ3n) is 2.89. The predicted octanol–water partition coefficient (Wildman–Crippen LogP) is -2.01. The Kier molecular flexibility index (Phi) is 6.82. The van der Waals surface area contributed by atoms with E-state index in [2.05, 4.69) is 4.98 Å². The van der Waals surface area contributed by atoms with Gasteiger partial charge in [0, 0.05) is 19.4 Å². The fraction of sp³-hybridized carbons (Fsp3) is 0.600. The minimum atomic E-state index is -1.05. The highest BCUT2D eigenvalue weighted by Gasteiger charge is 2.45. The van der Waals surface area contributed by atoms with Gasteiger partial charge in [0.25, 0.3) is 5.56 Å². The molecule has 0 radical (unpaired) electrons. The van der Waals surface area contributed by atoms with E-state index in [-0.39, 0.29) is 0 Å². The van der Waals surface area contributed by atoms with Crippen molar-refractivity contribution in [2.75, 3.05) is 13.7 Å². The Balaban J connectivity index is 0.000000677. The van der Waals surface area contributed by atoms with E-state index >= 15 is 0 Å². The molecule has 1 aromatic heterocycles. The third kappa shape index (κ3) is 4.03. The van der Waals surface area contributed by atoms with Crippen molar-refractivity contribution in [3.63, 3.8) is 0 Å². The Morgan fingerprint density at radius 3 is 2.62 bits per heavy atom. The van der Waals surface area contributed by atoms with E-state index < -0.39 is 51.1 Å². The summed E-state index contributed by atoms with van der Waals surface area (Å²) in [5.41, 5.74) is -1.19. The largest absolute Gasteiger partial charge is 0.394 e. The van der Waals surface area contributed by atoms with Crippen molar-refractivity contribution in [3.8, 4) is 0 Å². The number of methoxy groups -OCH3 is 1. The summed E-state index contributed by atoms with van der Waals surface area (Å²) in [6.07, 6.45) is -2.33. The number of aromatic amines is 1. The number of rotatable bonds is 3. The van der Waals surface area contributed by atoms with Gasteiger partial charge < -0.3 is 24.6 Å². The van der Waals surface area contributed by atoms with E-state index in [0.717, 1.165) is 10.6 Å². The van der Waals surface area contributed by atoms with Gasteiger partial charge in [-0.2, -0.15) is 0 Å². The summed E-state index contributed by atoms with van der Waals surface area (Å²) >= 11 is 0. The van der Waals surface area contributed by atoms with E-state index in [4.69, 9.17) is 24.0 Å². The molecule has 11 heteroatoms. The molecule has 1 aliphatic heterocycles. The molecule has 1 aromatic rings. The molecule has 21 heavy (non-hydrogen) atoms. The molecule has 4 atom stereocenters. The van der Waals surface area contributed by atoms with Gasteiger partial charge >= 0.3 is 14.4 Å². The minimum absolute atomic E-state index is 0.393. The van der Waals surface area contributed by atoms with Crippen molar-refractivity contribution < 1.29 is 29.1 Å². The second-order valence-electron chi connectivity index (χ2n) is 4.04. The summed E-state index contributed by atoms with van der Waals surface area (Å²) in [6, 6.07) is 1.16. The number of nitrogens with one attached hydrogen (secondary N) is 1. The number of hydrogen-bond donors (Lipinski definition) is 4. The molecule has 1 fully saturated rings. The van der Waals surface area contributed by atoms with Gasteiger partial charge in [0.2, 0.25) is 0 Å². The molecular weight excluding hydrogens is 307 g/mol. The average molecular weight is 322 g/mol. The Bertz CT molecular complexity index is 573. The zero-order valence-electron chi connectivity index (χ0n) is 10.9. The summed E-state index contributed by atoms with van der Waals surface area (Å²) in [6.45, 7) is -0.393. The number of aliphatic hydroxyl groups excluding tert-OH is 2. The fourth-order valence-corrected chi connectivity index (χ4v) is 1.98. The van der Waals surface area contributed by atoms with Crippen LogP contribution in [-0.4, -0.2) is 56.7 Å². The lowest BCUT2D eigenvalue weighted by Gasteiger charge is -2.19. The van der Waals surface area contributed by atoms with Gasteiger partial charge in [0.05, 0.1) is 6.61 Å². The van der Waals surface area contributed by atoms with Gasteiger partial charge in [-0.3, -0.25) is 14.3 Å². The summed E-state index contributed by atoms with van der Waals surface area (Å²) in [4.78, 5) is 31.6. The van der Waals surface area contributed by atoms with Gasteiger partial charge in [-0.05, 0) is 0 Å². The van der Waals surface area contributed by atoms with E-state index in [1.54, 1.807) is 0 Å². The van der Waals surface area contributed by atoms with Gasteiger partial charge in [0.15, 0.2) is 6.23 Å². The monoisotopic (exact) mass is 322 g/mol. The third-order valence-corrected chi connectivity index (χ3v) is 2.89. The van der Waals surface area contributed by atoms with Gasteiger partial charge in [-0.25, -0.2) is 9.36 Å². The Hall–Kier alpha value is -1.42. The number of H-pyrrole nitrogens is 1. The minimum Gasteiger partial charge on any atom is -0.394 e. The lowest BCUT2D eigenvalue weighted by Crippen LogP contribution is -2.38. The van der Waals surface area contributed by atoms with Gasteiger partial charge in [0.1, 0.15) is 18.3 Å². The Morgan fingerprint density at radius 2 is 2.14 bits per heavy atom. The van der Waals surface area contributed by atoms with Crippen molar-refractivity contribution in [3.05, 3.63) is 33.1 Å². The van der Waals surface area contributed by atoms with Crippen LogP contribution in [0.15, 0.2) is 21.9 Å². The molecule has 0 saturated carbocycles. The fourth-order valence-electron chi connectivity index (χ4n) is 1.98. The summed E-state index contributed by atoms with van der Waals surface area (Å²) in [5, 5.41) is 18.9. The molecular formula is C10H15N2O8P. The van der Waals surface area contributed by atoms with Crippen LogP contribution in [-0.2, 0) is 14.0 Å². The lowest BCUT2D eigenvalue weighted by molar-refractivity contribution is -0.0625. The second-order valence-corrected chi connectivity index (χ2v) is 4.20. The van der Waals surface area contributed by atoms with Crippen molar-refractivity contribution in [2.24, 2.45) is 0 Å². The second kappa shape index (κ2) is 8.13. The van der Waals surface area contributed by atoms with E-state index in [9.17, 15) is 14.7 Å². The Labute approximate surface area is 119 Å². The molecule has 10 nitrogen and oxygen atoms in total. The summed E-state index contributed by atoms with van der Waals surface area (Å²) < 4.78 is 20.0. The number of aliphatic hydroxyl groups is 2. The highest BCUT2D eigenvalue weighted by atomic mass is 31.1. The van der Waals surface area contributed by atoms with Crippen molar-refractivity contribution in [1.82, 2.24) is 9.55 Å². The summed E-state index contributed by atoms with van der Waals surface area (Å²) in [7, 11) is 0.528. The first-order chi connectivity index (χ1) is 9.99. The standard InChI is InChI=1S/C10H14N2O6.HO2P/c1-17-8-7(15)5(4-13)18-9(8)12-3-2-6(14)11-10(12)16;1-3-2/h2-3,5,7-9,13,15H,4H2,1H3,(H,11,14,16);(H,1,2)/t5?,7-,8?,9?;/m0./s1. The highest BCUT2D eigenvalue weighted by Crippen LogP contribution is 2.29. The molecule has 0 aromatic carbocycles. The van der Waals surface area contributed by atoms with E-state index in [1.807, 2.05) is 0 Å². The van der Waals surface area contributed by atoms with Crippen LogP contribution in [0.25, 0.3) is 0 Å². The van der Waals surface area contributed by atoms with Crippen molar-refractivity contribution >= 4 is 8.69 Å². The average Bonchev–Trinajstić information content (AvgIpc) is 2.75. The molecule has 1 aliphatic rings. The van der Waals surface area contributed by atoms with Gasteiger partial charge in [-0.15, -0.1) is 0 Å². The Morgan fingerprint density at radius 1 is 1.52 bits per heavy atom. The molecule has 2 rings (SSSR count). The van der Waals surface area contributed by atoms with Crippen LogP contribution in [0.4, 0.5) is 0 Å². The van der Waals surface area contributed by atoms with Crippen LogP contribution in [0.1, 0.15) is 6.23 Å². The van der Waals surface area contributed by atoms with Gasteiger partial charge in [-0.1, -0.05) is 0 Å². The maximum absolute atomic E-state index is 11.6. The van der Waals surface area contributed by atoms with Crippen LogP contribution < -0.4 is 11.2 Å². The van der Waals surface area contributed by atoms with E-state index in [1.165, 1.54) is 13.3 Å². The molecule has 1 saturated heterocycles. The van der Waals surface area contributed by atoms with Crippen LogP contribution in [0.5, 0.6) is 0 Å². The zero-order valence-corrected chi connectivity index (χ0v) is 11.8. The number of aromatic nitrogens is 2. The molecule has 4 N–H and O–H groups in total. The van der Waals surface area contributed by atoms with Crippen molar-refractivity contribution in [2.45, 2.75) is 24.5 Å². The molecule has 2 heterocycles. The molecule has 0 amide bonds. The first-order valence-electron chi connectivity index (χ1n) is 5.75. The highest BCUT2D eigenvalue weighted by molar-refractivity contribution is 7.16. The molecule has 0 bridgehead atoms. The molecule has 118 valence electrons. The number of nitrogens with zero attached hydrogens (tertiary/aromatic N) is 1. The number of ether oxygens (including phenoxy) is 2. The maximum atomic E-state index is 11.6. The van der Waals surface area contributed by atoms with E-state index in [0.29, 0.717) is 0 Å². The van der Waals surface area contributed by atoms with Crippen LogP contribution in [0, 0.1) is 0 Å². The quantitative estimate of drug-likeness (QED) is 0.466. The van der Waals surface area contributed by atoms with Crippen molar-refractivity contribution in [1.29, 1.82) is 0 Å². The topological polar surface area (TPSA) is 151 Å². The number of hydrogen-bond acceptors (Lipinski definition) is 7. The van der Waals surface area contributed by atoms with Crippen LogP contribution in [0.3, 0.4) is 0 Å².